The molecule has 0 saturated carbocycles. The molecule has 0 radical (unpaired) electrons. The summed E-state index contributed by atoms with van der Waals surface area (Å²) in [5.74, 6) is 0.744. The van der Waals surface area contributed by atoms with E-state index in [9.17, 15) is 0 Å². The van der Waals surface area contributed by atoms with Crippen LogP contribution in [0.4, 0.5) is 0 Å². The fourth-order valence-electron chi connectivity index (χ4n) is 1.45. The van der Waals surface area contributed by atoms with Crippen molar-refractivity contribution >= 4 is 0 Å². The minimum absolute atomic E-state index is 0.428. The number of nitrogens with one attached hydrogen (secondary N) is 1. The molecule has 14 heavy (non-hydrogen) atoms. The molecule has 86 valence electrons. The summed E-state index contributed by atoms with van der Waals surface area (Å²) in [5, 5.41) is 3.68. The van der Waals surface area contributed by atoms with Crippen molar-refractivity contribution in [1.29, 1.82) is 0 Å². The quantitative estimate of drug-likeness (QED) is 0.685. The summed E-state index contributed by atoms with van der Waals surface area (Å²) in [6.07, 6.45) is 3.85. The average molecular weight is 199 g/mol. The van der Waals surface area contributed by atoms with Crippen LogP contribution in [0.3, 0.4) is 0 Å². The molecule has 0 amide bonds. The molecular weight excluding hydrogens is 170 g/mol. The fourth-order valence-corrected chi connectivity index (χ4v) is 1.45. The second-order valence-corrected chi connectivity index (χ2v) is 5.57. The normalized spacial score (nSPS) is 16.7. The molecule has 1 heteroatoms. The van der Waals surface area contributed by atoms with Crippen molar-refractivity contribution in [1.82, 2.24) is 5.32 Å². The second kappa shape index (κ2) is 6.44. The lowest BCUT2D eigenvalue weighted by Crippen LogP contribution is -2.36. The van der Waals surface area contributed by atoms with Crippen molar-refractivity contribution in [2.75, 3.05) is 6.54 Å². The topological polar surface area (TPSA) is 12.0 Å². The van der Waals surface area contributed by atoms with Gasteiger partial charge in [0.25, 0.3) is 0 Å². The van der Waals surface area contributed by atoms with E-state index in [1.165, 1.54) is 19.3 Å². The molecule has 2 unspecified atom stereocenters. The van der Waals surface area contributed by atoms with Crippen molar-refractivity contribution in [2.45, 2.75) is 66.8 Å². The first-order chi connectivity index (χ1) is 6.41. The van der Waals surface area contributed by atoms with Crippen LogP contribution in [0.1, 0.15) is 60.8 Å². The summed E-state index contributed by atoms with van der Waals surface area (Å²) >= 11 is 0. The molecule has 1 N–H and O–H groups in total. The second-order valence-electron chi connectivity index (χ2n) is 5.57. The maximum absolute atomic E-state index is 3.68. The van der Waals surface area contributed by atoms with E-state index in [2.05, 4.69) is 46.9 Å². The average Bonchev–Trinajstić information content (AvgIpc) is 2.10. The van der Waals surface area contributed by atoms with E-state index >= 15 is 0 Å². The Kier molecular flexibility index (Phi) is 6.43. The molecule has 0 aromatic carbocycles. The number of hydrogen-bond donors (Lipinski definition) is 1. The largest absolute Gasteiger partial charge is 0.314 e. The van der Waals surface area contributed by atoms with Crippen LogP contribution in [0.2, 0.25) is 0 Å². The van der Waals surface area contributed by atoms with Gasteiger partial charge in [0.2, 0.25) is 0 Å². The number of rotatable bonds is 6. The minimum atomic E-state index is 0.428. The summed E-state index contributed by atoms with van der Waals surface area (Å²) in [7, 11) is 0. The molecule has 0 aliphatic carbocycles. The molecule has 0 aliphatic rings. The van der Waals surface area contributed by atoms with Crippen LogP contribution in [-0.2, 0) is 0 Å². The van der Waals surface area contributed by atoms with Gasteiger partial charge in [0, 0.05) is 6.04 Å². The first-order valence-electron chi connectivity index (χ1n) is 6.15. The number of hydrogen-bond acceptors (Lipinski definition) is 1. The van der Waals surface area contributed by atoms with E-state index < -0.39 is 0 Å². The maximum Gasteiger partial charge on any atom is 0.00644 e. The molecule has 1 nitrogen and oxygen atoms in total. The third kappa shape index (κ3) is 5.64. The molecule has 0 fully saturated rings. The lowest BCUT2D eigenvalue weighted by molar-refractivity contribution is 0.242. The van der Waals surface area contributed by atoms with Gasteiger partial charge in [0.05, 0.1) is 0 Å². The van der Waals surface area contributed by atoms with Gasteiger partial charge in [-0.15, -0.1) is 0 Å². The first-order valence-corrected chi connectivity index (χ1v) is 6.15. The van der Waals surface area contributed by atoms with Crippen molar-refractivity contribution in [3.05, 3.63) is 0 Å². The van der Waals surface area contributed by atoms with Crippen LogP contribution < -0.4 is 5.32 Å². The molecule has 0 saturated heterocycles. The monoisotopic (exact) mass is 199 g/mol. The zero-order chi connectivity index (χ0) is 11.2. The van der Waals surface area contributed by atoms with E-state index in [4.69, 9.17) is 0 Å². The molecule has 0 heterocycles. The summed E-state index contributed by atoms with van der Waals surface area (Å²) in [5.41, 5.74) is 0.428. The first kappa shape index (κ1) is 14.0. The van der Waals surface area contributed by atoms with Gasteiger partial charge in [-0.3, -0.25) is 0 Å². The summed E-state index contributed by atoms with van der Waals surface area (Å²) in [6, 6.07) is 0.727. The highest BCUT2D eigenvalue weighted by Crippen LogP contribution is 2.24. The Bertz CT molecular complexity index is 135. The van der Waals surface area contributed by atoms with Crippen molar-refractivity contribution in [3.63, 3.8) is 0 Å². The van der Waals surface area contributed by atoms with Gasteiger partial charge in [0.1, 0.15) is 0 Å². The predicted octanol–water partition coefficient (Wildman–Crippen LogP) is 3.84. The lowest BCUT2D eigenvalue weighted by Gasteiger charge is -2.29. The zero-order valence-corrected chi connectivity index (χ0v) is 11.0. The van der Waals surface area contributed by atoms with Gasteiger partial charge in [-0.25, -0.2) is 0 Å². The maximum atomic E-state index is 3.68. The molecular formula is C13H29N. The van der Waals surface area contributed by atoms with Crippen LogP contribution in [0.5, 0.6) is 0 Å². The summed E-state index contributed by atoms with van der Waals surface area (Å²) in [6.45, 7) is 15.0. The predicted molar refractivity (Wildman–Crippen MR) is 65.6 cm³/mol. The highest BCUT2D eigenvalue weighted by molar-refractivity contribution is 4.74. The Morgan fingerprint density at radius 1 is 1.14 bits per heavy atom. The lowest BCUT2D eigenvalue weighted by atomic mass is 9.82. The van der Waals surface area contributed by atoms with Gasteiger partial charge in [-0.05, 0) is 30.7 Å². The Labute approximate surface area is 90.7 Å². The van der Waals surface area contributed by atoms with Crippen LogP contribution >= 0.6 is 0 Å². The van der Waals surface area contributed by atoms with E-state index in [1.54, 1.807) is 0 Å². The molecule has 0 bridgehead atoms. The van der Waals surface area contributed by atoms with Crippen molar-refractivity contribution in [3.8, 4) is 0 Å². The summed E-state index contributed by atoms with van der Waals surface area (Å²) in [4.78, 5) is 0. The van der Waals surface area contributed by atoms with E-state index in [1.807, 2.05) is 0 Å². The van der Waals surface area contributed by atoms with Crippen LogP contribution in [0, 0.1) is 11.3 Å². The van der Waals surface area contributed by atoms with E-state index in [0.717, 1.165) is 18.5 Å². The standard InChI is InChI=1S/C13H29N/c1-7-9-12(8-2)14-10-11(3)13(4,5)6/h11-12,14H,7-10H2,1-6H3. The Morgan fingerprint density at radius 2 is 1.71 bits per heavy atom. The van der Waals surface area contributed by atoms with Crippen LogP contribution in [0.15, 0.2) is 0 Å². The smallest absolute Gasteiger partial charge is 0.00644 e. The Hall–Kier alpha value is -0.0400. The van der Waals surface area contributed by atoms with Crippen molar-refractivity contribution < 1.29 is 0 Å². The van der Waals surface area contributed by atoms with E-state index in [0.29, 0.717) is 5.41 Å². The molecule has 2 atom stereocenters. The third-order valence-corrected chi connectivity index (χ3v) is 3.32. The highest BCUT2D eigenvalue weighted by Gasteiger charge is 2.20. The molecule has 0 aromatic rings. The highest BCUT2D eigenvalue weighted by atomic mass is 14.9. The fraction of sp³-hybridized carbons (Fsp3) is 1.00. The Balaban J connectivity index is 3.79. The van der Waals surface area contributed by atoms with Crippen LogP contribution in [-0.4, -0.2) is 12.6 Å². The molecule has 0 spiro atoms. The minimum Gasteiger partial charge on any atom is -0.314 e. The van der Waals surface area contributed by atoms with Gasteiger partial charge < -0.3 is 5.32 Å². The van der Waals surface area contributed by atoms with Gasteiger partial charge in [-0.2, -0.15) is 0 Å². The molecule has 0 aromatic heterocycles. The van der Waals surface area contributed by atoms with Crippen LogP contribution in [0.25, 0.3) is 0 Å². The van der Waals surface area contributed by atoms with E-state index in [-0.39, 0.29) is 0 Å². The SMILES string of the molecule is CCCC(CC)NCC(C)C(C)(C)C. The van der Waals surface area contributed by atoms with Crippen molar-refractivity contribution in [2.24, 2.45) is 11.3 Å². The summed E-state index contributed by atoms with van der Waals surface area (Å²) < 4.78 is 0. The third-order valence-electron chi connectivity index (χ3n) is 3.32. The zero-order valence-electron chi connectivity index (χ0n) is 11.0. The molecule has 0 aliphatic heterocycles. The Morgan fingerprint density at radius 3 is 2.07 bits per heavy atom. The van der Waals surface area contributed by atoms with Gasteiger partial charge in [0.15, 0.2) is 0 Å². The van der Waals surface area contributed by atoms with Gasteiger partial charge >= 0.3 is 0 Å². The van der Waals surface area contributed by atoms with Gasteiger partial charge in [-0.1, -0.05) is 48.0 Å². The molecule has 0 rings (SSSR count).